The number of nitrogens with two attached hydrogens (primary N) is 1. The van der Waals surface area contributed by atoms with E-state index in [0.717, 1.165) is 16.5 Å². The number of carbonyl (C=O) groups is 9. The SMILES string of the molecule is CN[C@H](Cc1ccccc1)C(=O)N[C@@H](Cc1cnc[nH]1)C(=O)N[C@@H](Cc1c[nH]c2ccccc12)C(=O)N[C@@H](C)C(=O)N[C@H](C(=O)NCC(=O)N[C@@H](Cc1cnc[nH]1)C(=O)NC(CC(C)C)CN(C=O)C(CCSC)C(N)=O)C(C)C. The Hall–Kier alpha value is -8.06. The van der Waals surface area contributed by atoms with Crippen LogP contribution in [0.25, 0.3) is 10.9 Å². The molecule has 2 aromatic carbocycles. The van der Waals surface area contributed by atoms with E-state index < -0.39 is 108 Å². The minimum atomic E-state index is -1.28. The monoisotopic (exact) mass is 1120 g/mol. The molecular formula is C55H77N15O9S. The minimum Gasteiger partial charge on any atom is -0.368 e. The van der Waals surface area contributed by atoms with Gasteiger partial charge in [-0.2, -0.15) is 11.8 Å². The van der Waals surface area contributed by atoms with Gasteiger partial charge >= 0.3 is 0 Å². The molecule has 432 valence electrons. The maximum atomic E-state index is 14.4. The molecule has 0 saturated carbocycles. The number of H-pyrrole nitrogens is 3. The predicted octanol–water partition coefficient (Wildman–Crippen LogP) is 0.285. The molecule has 3 aromatic heterocycles. The van der Waals surface area contributed by atoms with Crippen molar-refractivity contribution in [2.75, 3.05) is 32.1 Å². The molecule has 0 saturated heterocycles. The summed E-state index contributed by atoms with van der Waals surface area (Å²) in [6.45, 7) is 8.03. The number of para-hydroxylation sites is 1. The van der Waals surface area contributed by atoms with E-state index in [1.165, 1.54) is 48.6 Å². The van der Waals surface area contributed by atoms with Crippen molar-refractivity contribution in [3.05, 3.63) is 108 Å². The lowest BCUT2D eigenvalue weighted by molar-refractivity contribution is -0.135. The first-order valence-electron chi connectivity index (χ1n) is 26.6. The quantitative estimate of drug-likeness (QED) is 0.0247. The standard InChI is InChI=1S/C55H77N15O9S/c1-32(2)19-39(28-70(31-71)46(49(56)73)17-18-80-7)65-53(77)44(22-37-25-58-29-62-37)66-47(72)27-61-55(79)48(33(3)4)69-50(74)34(5)64-52(76)43(21-36-24-60-41-16-12-11-15-40(36)41)67-54(78)45(23-38-26-59-30-63-38)68-51(75)42(57-6)20-35-13-9-8-10-14-35/h8-16,24-26,29-34,39,42-46,48,57,60H,17-23,27-28H2,1-7H3,(H2,56,73)(H,58,62)(H,59,63)(H,61,79)(H,64,76)(H,65,77)(H,66,72)(H,67,78)(H,68,75)(H,69,74)/t34-,39?,42+,43-,44-,45-,46?,48-/m0/s1. The molecule has 2 unspecified atom stereocenters. The third kappa shape index (κ3) is 19.4. The van der Waals surface area contributed by atoms with Crippen molar-refractivity contribution in [1.29, 1.82) is 0 Å². The Bertz CT molecular complexity index is 2810. The number of aromatic nitrogens is 5. The van der Waals surface area contributed by atoms with E-state index in [-0.39, 0.29) is 31.7 Å². The van der Waals surface area contributed by atoms with Gasteiger partial charge in [0.1, 0.15) is 36.3 Å². The zero-order valence-corrected chi connectivity index (χ0v) is 47.1. The predicted molar refractivity (Wildman–Crippen MR) is 303 cm³/mol. The third-order valence-corrected chi connectivity index (χ3v) is 14.0. The molecule has 80 heavy (non-hydrogen) atoms. The molecular weight excluding hydrogens is 1050 g/mol. The largest absolute Gasteiger partial charge is 0.368 e. The lowest BCUT2D eigenvalue weighted by Gasteiger charge is -2.32. The van der Waals surface area contributed by atoms with Gasteiger partial charge in [-0.25, -0.2) is 9.97 Å². The zero-order chi connectivity index (χ0) is 58.3. The van der Waals surface area contributed by atoms with Gasteiger partial charge in [-0.05, 0) is 74.3 Å². The number of imidazole rings is 2. The highest BCUT2D eigenvalue weighted by Gasteiger charge is 2.34. The molecule has 13 N–H and O–H groups in total. The fourth-order valence-electron chi connectivity index (χ4n) is 9.07. The average molecular weight is 1120 g/mol. The number of likely N-dealkylation sites (N-methyl/N-ethyl adjacent to an activating group) is 1. The van der Waals surface area contributed by atoms with Crippen LogP contribution >= 0.6 is 11.8 Å². The summed E-state index contributed by atoms with van der Waals surface area (Å²) in [6, 6.07) is 8.48. The number of fused-ring (bicyclic) bond motifs is 1. The molecule has 0 aliphatic rings. The molecule has 0 radical (unpaired) electrons. The third-order valence-electron chi connectivity index (χ3n) is 13.3. The van der Waals surface area contributed by atoms with Gasteiger partial charge in [0.15, 0.2) is 0 Å². The summed E-state index contributed by atoms with van der Waals surface area (Å²) in [6.07, 6.45) is 11.0. The number of hydrogen-bond donors (Lipinski definition) is 12. The first-order chi connectivity index (χ1) is 38.3. The van der Waals surface area contributed by atoms with E-state index in [1.807, 2.05) is 74.7 Å². The van der Waals surface area contributed by atoms with Crippen LogP contribution in [0.1, 0.15) is 70.0 Å². The van der Waals surface area contributed by atoms with E-state index in [0.29, 0.717) is 48.4 Å². The number of thioether (sulfide) groups is 1. The highest BCUT2D eigenvalue weighted by Crippen LogP contribution is 2.20. The van der Waals surface area contributed by atoms with Gasteiger partial charge in [0, 0.05) is 72.7 Å². The van der Waals surface area contributed by atoms with Crippen molar-refractivity contribution >= 4 is 76.3 Å². The van der Waals surface area contributed by atoms with Crippen molar-refractivity contribution in [3.8, 4) is 0 Å². The summed E-state index contributed by atoms with van der Waals surface area (Å²) in [5.41, 5.74) is 9.12. The highest BCUT2D eigenvalue weighted by atomic mass is 32.2. The molecule has 3 heterocycles. The number of aromatic amines is 3. The van der Waals surface area contributed by atoms with E-state index in [1.54, 1.807) is 27.1 Å². The zero-order valence-electron chi connectivity index (χ0n) is 46.3. The molecule has 25 heteroatoms. The molecule has 5 aromatic rings. The molecule has 24 nitrogen and oxygen atoms in total. The van der Waals surface area contributed by atoms with Gasteiger partial charge in [0.25, 0.3) is 0 Å². The average Bonchev–Trinajstić information content (AvgIpc) is 4.24. The van der Waals surface area contributed by atoms with Gasteiger partial charge in [-0.3, -0.25) is 43.2 Å². The lowest BCUT2D eigenvalue weighted by atomic mass is 10.0. The van der Waals surface area contributed by atoms with Crippen molar-refractivity contribution in [1.82, 2.24) is 72.4 Å². The normalized spacial score (nSPS) is 14.3. The van der Waals surface area contributed by atoms with Crippen LogP contribution in [0.15, 0.2) is 85.8 Å². The molecule has 0 bridgehead atoms. The number of carbonyl (C=O) groups excluding carboxylic acids is 9. The maximum absolute atomic E-state index is 14.4. The number of rotatable bonds is 34. The number of primary amides is 1. The summed E-state index contributed by atoms with van der Waals surface area (Å²) < 4.78 is 0. The molecule has 5 rings (SSSR count). The molecule has 9 amide bonds. The van der Waals surface area contributed by atoms with Crippen molar-refractivity contribution in [2.45, 2.75) is 121 Å². The number of benzene rings is 2. The summed E-state index contributed by atoms with van der Waals surface area (Å²) in [7, 11) is 1.65. The van der Waals surface area contributed by atoms with Crippen LogP contribution in [0.5, 0.6) is 0 Å². The van der Waals surface area contributed by atoms with E-state index in [4.69, 9.17) is 5.73 Å². The molecule has 0 fully saturated rings. The Morgan fingerprint density at radius 2 is 1.26 bits per heavy atom. The number of hydrogen-bond acceptors (Lipinski definition) is 13. The Labute approximate surface area is 469 Å². The van der Waals surface area contributed by atoms with E-state index in [9.17, 15) is 43.2 Å². The summed E-state index contributed by atoms with van der Waals surface area (Å²) in [4.78, 5) is 141. The van der Waals surface area contributed by atoms with Crippen molar-refractivity contribution in [2.24, 2.45) is 17.6 Å². The van der Waals surface area contributed by atoms with Gasteiger partial charge in [0.05, 0.1) is 25.2 Å². The molecule has 8 atom stereocenters. The fraction of sp³-hybridized carbons (Fsp3) is 0.473. The van der Waals surface area contributed by atoms with Crippen LogP contribution in [0.3, 0.4) is 0 Å². The van der Waals surface area contributed by atoms with Crippen molar-refractivity contribution in [3.63, 3.8) is 0 Å². The van der Waals surface area contributed by atoms with Gasteiger partial charge < -0.3 is 68.1 Å². The van der Waals surface area contributed by atoms with E-state index in [2.05, 4.69) is 67.5 Å². The first kappa shape index (κ1) is 62.8. The molecule has 0 aliphatic heterocycles. The molecule has 0 spiro atoms. The van der Waals surface area contributed by atoms with Crippen LogP contribution < -0.4 is 48.3 Å². The summed E-state index contributed by atoms with van der Waals surface area (Å²) in [5, 5.41) is 23.1. The number of nitrogens with one attached hydrogen (secondary N) is 11. The number of amides is 9. The Morgan fingerprint density at radius 3 is 1.84 bits per heavy atom. The van der Waals surface area contributed by atoms with Crippen LogP contribution in [0, 0.1) is 11.8 Å². The van der Waals surface area contributed by atoms with Gasteiger partial charge in [0.2, 0.25) is 53.7 Å². The van der Waals surface area contributed by atoms with Crippen molar-refractivity contribution < 1.29 is 43.2 Å². The fourth-order valence-corrected chi connectivity index (χ4v) is 9.52. The van der Waals surface area contributed by atoms with Crippen LogP contribution in [0.2, 0.25) is 0 Å². The second-order valence-electron chi connectivity index (χ2n) is 20.4. The highest BCUT2D eigenvalue weighted by molar-refractivity contribution is 7.98. The second kappa shape index (κ2) is 31.5. The summed E-state index contributed by atoms with van der Waals surface area (Å²) in [5.74, 6) is -5.25. The Morgan fingerprint density at radius 1 is 0.675 bits per heavy atom. The lowest BCUT2D eigenvalue weighted by Crippen LogP contribution is -2.60. The number of nitrogens with zero attached hydrogens (tertiary/aromatic N) is 3. The van der Waals surface area contributed by atoms with Gasteiger partial charge in [-0.15, -0.1) is 0 Å². The molecule has 0 aliphatic carbocycles. The Kier molecular flexibility index (Phi) is 24.7. The maximum Gasteiger partial charge on any atom is 0.243 e. The first-order valence-corrected chi connectivity index (χ1v) is 28.0. The topological polar surface area (TPSA) is 352 Å². The van der Waals surface area contributed by atoms with Crippen LogP contribution in [0.4, 0.5) is 0 Å². The summed E-state index contributed by atoms with van der Waals surface area (Å²) >= 11 is 1.50. The van der Waals surface area contributed by atoms with Gasteiger partial charge in [-0.1, -0.05) is 76.2 Å². The minimum absolute atomic E-state index is 0.00215. The van der Waals surface area contributed by atoms with Crippen LogP contribution in [-0.4, -0.2) is 164 Å². The van der Waals surface area contributed by atoms with Crippen LogP contribution in [-0.2, 0) is 68.8 Å². The second-order valence-corrected chi connectivity index (χ2v) is 21.4. The van der Waals surface area contributed by atoms with E-state index >= 15 is 0 Å². The smallest absolute Gasteiger partial charge is 0.243 e. The Balaban J connectivity index is 1.26.